The van der Waals surface area contributed by atoms with Crippen molar-refractivity contribution < 1.29 is 13.5 Å². The maximum atomic E-state index is 13.4. The second kappa shape index (κ2) is 8.48. The SMILES string of the molecule is CC(C)CCCNCCOc1c(F)cc(F)cc1Br. The first kappa shape index (κ1) is 16.4. The molecule has 19 heavy (non-hydrogen) atoms. The van der Waals surface area contributed by atoms with Crippen molar-refractivity contribution in [2.24, 2.45) is 5.92 Å². The van der Waals surface area contributed by atoms with Gasteiger partial charge in [0.05, 0.1) is 4.47 Å². The molecule has 1 N–H and O–H groups in total. The van der Waals surface area contributed by atoms with Crippen LogP contribution in [0.5, 0.6) is 5.75 Å². The van der Waals surface area contributed by atoms with E-state index in [1.807, 2.05) is 0 Å². The standard InChI is InChI=1S/C14H20BrF2NO/c1-10(2)4-3-5-18-6-7-19-14-12(15)8-11(16)9-13(14)17/h8-10,18H,3-7H2,1-2H3. The number of nitrogens with one attached hydrogen (secondary N) is 1. The van der Waals surface area contributed by atoms with Gasteiger partial charge in [-0.25, -0.2) is 8.78 Å². The monoisotopic (exact) mass is 335 g/mol. The molecule has 2 nitrogen and oxygen atoms in total. The van der Waals surface area contributed by atoms with Crippen LogP contribution in [0.3, 0.4) is 0 Å². The highest BCUT2D eigenvalue weighted by molar-refractivity contribution is 9.10. The number of rotatable bonds is 8. The van der Waals surface area contributed by atoms with E-state index in [2.05, 4.69) is 35.1 Å². The van der Waals surface area contributed by atoms with E-state index >= 15 is 0 Å². The molecule has 0 bridgehead atoms. The molecule has 0 amide bonds. The molecule has 0 heterocycles. The van der Waals surface area contributed by atoms with Crippen LogP contribution in [0.25, 0.3) is 0 Å². The van der Waals surface area contributed by atoms with E-state index in [-0.39, 0.29) is 5.75 Å². The molecule has 108 valence electrons. The Labute approximate surface area is 121 Å². The van der Waals surface area contributed by atoms with Crippen molar-refractivity contribution in [3.63, 3.8) is 0 Å². The second-order valence-corrected chi connectivity index (χ2v) is 5.69. The van der Waals surface area contributed by atoms with E-state index in [4.69, 9.17) is 4.74 Å². The Bertz CT molecular complexity index is 376. The molecule has 0 aromatic heterocycles. The minimum absolute atomic E-state index is 0.0605. The van der Waals surface area contributed by atoms with Crippen LogP contribution >= 0.6 is 15.9 Å². The van der Waals surface area contributed by atoms with Crippen LogP contribution in [0.4, 0.5) is 8.78 Å². The van der Waals surface area contributed by atoms with Crippen molar-refractivity contribution in [1.29, 1.82) is 0 Å². The largest absolute Gasteiger partial charge is 0.488 e. The van der Waals surface area contributed by atoms with E-state index in [0.717, 1.165) is 19.0 Å². The van der Waals surface area contributed by atoms with E-state index in [1.54, 1.807) is 0 Å². The molecule has 0 aliphatic carbocycles. The molecule has 0 fully saturated rings. The summed E-state index contributed by atoms with van der Waals surface area (Å²) in [7, 11) is 0. The van der Waals surface area contributed by atoms with Gasteiger partial charge in [-0.1, -0.05) is 13.8 Å². The summed E-state index contributed by atoms with van der Waals surface area (Å²) in [5, 5.41) is 3.22. The smallest absolute Gasteiger partial charge is 0.169 e. The topological polar surface area (TPSA) is 21.3 Å². The van der Waals surface area contributed by atoms with Gasteiger partial charge < -0.3 is 10.1 Å². The van der Waals surface area contributed by atoms with Crippen LogP contribution in [0, 0.1) is 17.6 Å². The van der Waals surface area contributed by atoms with Crippen LogP contribution in [-0.2, 0) is 0 Å². The first-order valence-electron chi connectivity index (χ1n) is 6.48. The zero-order valence-electron chi connectivity index (χ0n) is 11.3. The summed E-state index contributed by atoms with van der Waals surface area (Å²) in [6.45, 7) is 6.30. The van der Waals surface area contributed by atoms with Gasteiger partial charge >= 0.3 is 0 Å². The Hall–Kier alpha value is -0.680. The van der Waals surface area contributed by atoms with Crippen molar-refractivity contribution in [2.45, 2.75) is 26.7 Å². The van der Waals surface area contributed by atoms with Crippen LogP contribution in [0.1, 0.15) is 26.7 Å². The quantitative estimate of drug-likeness (QED) is 0.721. The summed E-state index contributed by atoms with van der Waals surface area (Å²) in [5.74, 6) is -0.539. The molecule has 0 radical (unpaired) electrons. The first-order valence-corrected chi connectivity index (χ1v) is 7.28. The first-order chi connectivity index (χ1) is 9.00. The molecule has 0 spiro atoms. The highest BCUT2D eigenvalue weighted by Gasteiger charge is 2.10. The van der Waals surface area contributed by atoms with Gasteiger partial charge in [-0.05, 0) is 47.3 Å². The average molecular weight is 336 g/mol. The number of hydrogen-bond acceptors (Lipinski definition) is 2. The summed E-state index contributed by atoms with van der Waals surface area (Å²) >= 11 is 3.08. The maximum Gasteiger partial charge on any atom is 0.169 e. The second-order valence-electron chi connectivity index (χ2n) is 4.83. The van der Waals surface area contributed by atoms with Crippen LogP contribution < -0.4 is 10.1 Å². The average Bonchev–Trinajstić information content (AvgIpc) is 2.30. The third-order valence-corrected chi connectivity index (χ3v) is 3.21. The van der Waals surface area contributed by atoms with Gasteiger partial charge in [-0.3, -0.25) is 0 Å². The number of ether oxygens (including phenoxy) is 1. The molecule has 0 saturated heterocycles. The lowest BCUT2D eigenvalue weighted by Crippen LogP contribution is -2.22. The highest BCUT2D eigenvalue weighted by atomic mass is 79.9. The van der Waals surface area contributed by atoms with Crippen molar-refractivity contribution in [3.05, 3.63) is 28.2 Å². The number of benzene rings is 1. The molecular weight excluding hydrogens is 316 g/mol. The Kier molecular flexibility index (Phi) is 7.31. The van der Waals surface area contributed by atoms with Crippen molar-refractivity contribution in [1.82, 2.24) is 5.32 Å². The minimum atomic E-state index is -0.688. The summed E-state index contributed by atoms with van der Waals surface area (Å²) in [6, 6.07) is 2.00. The summed E-state index contributed by atoms with van der Waals surface area (Å²) in [4.78, 5) is 0. The lowest BCUT2D eigenvalue weighted by atomic mass is 10.1. The van der Waals surface area contributed by atoms with E-state index < -0.39 is 11.6 Å². The molecule has 1 aromatic rings. The Morgan fingerprint density at radius 3 is 2.63 bits per heavy atom. The molecule has 0 saturated carbocycles. The van der Waals surface area contributed by atoms with Gasteiger partial charge in [0.1, 0.15) is 12.4 Å². The maximum absolute atomic E-state index is 13.4. The normalized spacial score (nSPS) is 11.1. The zero-order chi connectivity index (χ0) is 14.3. The molecule has 5 heteroatoms. The minimum Gasteiger partial charge on any atom is -0.488 e. The zero-order valence-corrected chi connectivity index (χ0v) is 12.9. The number of halogens is 3. The third kappa shape index (κ3) is 6.34. The molecule has 1 rings (SSSR count). The summed E-state index contributed by atoms with van der Waals surface area (Å²) in [6.07, 6.45) is 2.30. The van der Waals surface area contributed by atoms with Gasteiger partial charge in [0, 0.05) is 12.6 Å². The Morgan fingerprint density at radius 1 is 1.26 bits per heavy atom. The predicted octanol–water partition coefficient (Wildman–Crippen LogP) is 4.13. The van der Waals surface area contributed by atoms with Gasteiger partial charge in [0.25, 0.3) is 0 Å². The summed E-state index contributed by atoms with van der Waals surface area (Å²) in [5.41, 5.74) is 0. The fraction of sp³-hybridized carbons (Fsp3) is 0.571. The van der Waals surface area contributed by atoms with E-state index in [1.165, 1.54) is 12.5 Å². The Morgan fingerprint density at radius 2 is 2.00 bits per heavy atom. The van der Waals surface area contributed by atoms with Crippen molar-refractivity contribution in [2.75, 3.05) is 19.7 Å². The van der Waals surface area contributed by atoms with Crippen molar-refractivity contribution >= 4 is 15.9 Å². The Balaban J connectivity index is 2.23. The van der Waals surface area contributed by atoms with Gasteiger partial charge in [-0.15, -0.1) is 0 Å². The molecule has 1 aromatic carbocycles. The van der Waals surface area contributed by atoms with E-state index in [0.29, 0.717) is 23.5 Å². The molecule has 0 aliphatic rings. The summed E-state index contributed by atoms with van der Waals surface area (Å²) < 4.78 is 31.9. The lowest BCUT2D eigenvalue weighted by Gasteiger charge is -2.10. The van der Waals surface area contributed by atoms with Crippen LogP contribution in [-0.4, -0.2) is 19.7 Å². The van der Waals surface area contributed by atoms with Gasteiger partial charge in [-0.2, -0.15) is 0 Å². The highest BCUT2D eigenvalue weighted by Crippen LogP contribution is 2.28. The van der Waals surface area contributed by atoms with E-state index in [9.17, 15) is 8.78 Å². The van der Waals surface area contributed by atoms with Crippen LogP contribution in [0.2, 0.25) is 0 Å². The lowest BCUT2D eigenvalue weighted by molar-refractivity contribution is 0.295. The number of hydrogen-bond donors (Lipinski definition) is 1. The van der Waals surface area contributed by atoms with Gasteiger partial charge in [0.2, 0.25) is 0 Å². The fourth-order valence-corrected chi connectivity index (χ4v) is 2.17. The molecular formula is C14H20BrF2NO. The fourth-order valence-electron chi connectivity index (χ4n) is 1.65. The predicted molar refractivity (Wildman–Crippen MR) is 76.5 cm³/mol. The molecule has 0 atom stereocenters. The van der Waals surface area contributed by atoms with Crippen molar-refractivity contribution in [3.8, 4) is 5.75 Å². The third-order valence-electron chi connectivity index (χ3n) is 2.62. The molecule has 0 unspecified atom stereocenters. The molecule has 0 aliphatic heterocycles. The van der Waals surface area contributed by atoms with Gasteiger partial charge in [0.15, 0.2) is 11.6 Å². The van der Waals surface area contributed by atoms with Crippen LogP contribution in [0.15, 0.2) is 16.6 Å².